The van der Waals surface area contributed by atoms with Crippen molar-refractivity contribution in [3.05, 3.63) is 154 Å². The second-order valence-corrected chi connectivity index (χ2v) is 10.5. The van der Waals surface area contributed by atoms with Crippen molar-refractivity contribution >= 4 is 23.0 Å². The summed E-state index contributed by atoms with van der Waals surface area (Å²) in [6.07, 6.45) is 0. The molecule has 1 amide bonds. The Kier molecular flexibility index (Phi) is 7.64. The molecule has 6 aromatic rings. The number of carboxylic acid groups (broad SMARTS) is 1. The fourth-order valence-corrected chi connectivity index (χ4v) is 5.22. The summed E-state index contributed by atoms with van der Waals surface area (Å²) >= 11 is 0. The van der Waals surface area contributed by atoms with Crippen LogP contribution in [-0.4, -0.2) is 21.6 Å². The van der Waals surface area contributed by atoms with Crippen LogP contribution in [0.2, 0.25) is 0 Å². The number of fused-ring (bicyclic) bond motifs is 1. The van der Waals surface area contributed by atoms with Gasteiger partial charge in [-0.2, -0.15) is 0 Å². The number of aromatic carboxylic acids is 1. The number of carbonyl (C=O) groups excluding carboxylic acids is 1. The summed E-state index contributed by atoms with van der Waals surface area (Å²) in [5, 5.41) is 12.2. The number of halogens is 1. The molecule has 8 heteroatoms. The third-order valence-electron chi connectivity index (χ3n) is 7.59. The predicted octanol–water partition coefficient (Wildman–Crippen LogP) is 7.31. The summed E-state index contributed by atoms with van der Waals surface area (Å²) in [5.41, 5.74) is 5.93. The molecule has 0 aliphatic rings. The van der Waals surface area contributed by atoms with E-state index >= 15 is 0 Å². The number of amides is 1. The van der Waals surface area contributed by atoms with Gasteiger partial charge in [-0.3, -0.25) is 9.36 Å². The van der Waals surface area contributed by atoms with Crippen LogP contribution in [0.5, 0.6) is 0 Å². The number of nitrogens with zero attached hydrogens (tertiary/aromatic N) is 1. The number of benzene rings is 5. The van der Waals surface area contributed by atoms with Gasteiger partial charge >= 0.3 is 11.7 Å². The molecule has 0 radical (unpaired) electrons. The Hall–Kier alpha value is -5.76. The lowest BCUT2D eigenvalue weighted by molar-refractivity contribution is 0.0696. The average Bonchev–Trinajstić information content (AvgIpc) is 3.36. The summed E-state index contributed by atoms with van der Waals surface area (Å²) in [7, 11) is 0. The van der Waals surface area contributed by atoms with E-state index < -0.39 is 23.7 Å². The van der Waals surface area contributed by atoms with Crippen molar-refractivity contribution in [1.82, 2.24) is 9.88 Å². The molecule has 0 fully saturated rings. The minimum absolute atomic E-state index is 0.151. The van der Waals surface area contributed by atoms with Crippen molar-refractivity contribution in [3.8, 4) is 22.3 Å². The number of hydrogen-bond acceptors (Lipinski definition) is 4. The number of rotatable bonds is 8. The lowest BCUT2D eigenvalue weighted by atomic mass is 10.0. The Morgan fingerprint density at radius 2 is 1.43 bits per heavy atom. The van der Waals surface area contributed by atoms with Crippen LogP contribution in [-0.2, 0) is 6.54 Å². The fraction of sp³-hybridized carbons (Fsp3) is 0.0833. The van der Waals surface area contributed by atoms with Crippen LogP contribution >= 0.6 is 0 Å². The van der Waals surface area contributed by atoms with Gasteiger partial charge in [0, 0.05) is 0 Å². The molecule has 2 N–H and O–H groups in total. The molecule has 44 heavy (non-hydrogen) atoms. The Labute approximate surface area is 251 Å². The maximum absolute atomic E-state index is 13.9. The first-order chi connectivity index (χ1) is 21.3. The molecule has 0 bridgehead atoms. The Bertz CT molecular complexity index is 2030. The number of oxazole rings is 1. The molecule has 6 rings (SSSR count). The van der Waals surface area contributed by atoms with Crippen LogP contribution in [0.25, 0.3) is 33.4 Å². The molecule has 218 valence electrons. The quantitative estimate of drug-likeness (QED) is 0.195. The van der Waals surface area contributed by atoms with Gasteiger partial charge in [0.05, 0.1) is 23.7 Å². The Balaban J connectivity index is 1.37. The van der Waals surface area contributed by atoms with Gasteiger partial charge in [0.15, 0.2) is 5.58 Å². The maximum atomic E-state index is 13.9. The first-order valence-corrected chi connectivity index (χ1v) is 14.0. The highest BCUT2D eigenvalue weighted by Gasteiger charge is 2.22. The molecule has 1 aromatic heterocycles. The Morgan fingerprint density at radius 1 is 0.818 bits per heavy atom. The minimum atomic E-state index is -1.03. The van der Waals surface area contributed by atoms with Crippen molar-refractivity contribution in [2.45, 2.75) is 19.5 Å². The summed E-state index contributed by atoms with van der Waals surface area (Å²) in [6.45, 7) is 1.96. The van der Waals surface area contributed by atoms with Crippen LogP contribution in [0.1, 0.15) is 44.8 Å². The summed E-state index contributed by atoms with van der Waals surface area (Å²) in [5.74, 6) is -2.35. The highest BCUT2D eigenvalue weighted by atomic mass is 19.1. The van der Waals surface area contributed by atoms with E-state index in [9.17, 15) is 23.9 Å². The fourth-order valence-electron chi connectivity index (χ4n) is 5.22. The van der Waals surface area contributed by atoms with Gasteiger partial charge in [0.2, 0.25) is 0 Å². The highest BCUT2D eigenvalue weighted by Crippen LogP contribution is 2.29. The topological polar surface area (TPSA) is 102 Å². The zero-order valence-electron chi connectivity index (χ0n) is 23.7. The molecule has 5 aromatic carbocycles. The van der Waals surface area contributed by atoms with E-state index in [1.54, 1.807) is 43.3 Å². The molecule has 0 aliphatic carbocycles. The van der Waals surface area contributed by atoms with Crippen LogP contribution in [0.3, 0.4) is 0 Å². The highest BCUT2D eigenvalue weighted by molar-refractivity contribution is 6.06. The molecular weight excluding hydrogens is 559 g/mol. The molecule has 1 atom stereocenters. The van der Waals surface area contributed by atoms with Gasteiger partial charge in [0.25, 0.3) is 5.91 Å². The van der Waals surface area contributed by atoms with Gasteiger partial charge in [-0.25, -0.2) is 14.0 Å². The van der Waals surface area contributed by atoms with E-state index in [1.165, 1.54) is 28.8 Å². The number of carbonyl (C=O) groups is 2. The molecule has 0 saturated carbocycles. The monoisotopic (exact) mass is 586 g/mol. The van der Waals surface area contributed by atoms with Crippen LogP contribution in [0.15, 0.2) is 124 Å². The van der Waals surface area contributed by atoms with Gasteiger partial charge in [0.1, 0.15) is 11.3 Å². The number of carboxylic acids is 1. The predicted molar refractivity (Wildman–Crippen MR) is 166 cm³/mol. The van der Waals surface area contributed by atoms with Gasteiger partial charge in [-0.05, 0) is 76.7 Å². The minimum Gasteiger partial charge on any atom is -0.478 e. The van der Waals surface area contributed by atoms with Crippen LogP contribution < -0.4 is 11.1 Å². The number of nitrogens with one attached hydrogen (secondary N) is 1. The first kappa shape index (κ1) is 28.4. The smallest absolute Gasteiger partial charge is 0.420 e. The van der Waals surface area contributed by atoms with Gasteiger partial charge in [-0.15, -0.1) is 0 Å². The number of hydrogen-bond donors (Lipinski definition) is 2. The second-order valence-electron chi connectivity index (χ2n) is 10.5. The van der Waals surface area contributed by atoms with Crippen molar-refractivity contribution in [2.75, 3.05) is 0 Å². The molecule has 7 nitrogen and oxygen atoms in total. The van der Waals surface area contributed by atoms with Crippen LogP contribution in [0.4, 0.5) is 4.39 Å². The lowest BCUT2D eigenvalue weighted by Gasteiger charge is -2.16. The van der Waals surface area contributed by atoms with E-state index in [4.69, 9.17) is 4.42 Å². The van der Waals surface area contributed by atoms with E-state index in [-0.39, 0.29) is 29.1 Å². The first-order valence-electron chi connectivity index (χ1n) is 14.0. The molecular formula is C36H27FN2O5. The second kappa shape index (κ2) is 11.9. The lowest BCUT2D eigenvalue weighted by Crippen LogP contribution is -2.28. The van der Waals surface area contributed by atoms with Gasteiger partial charge in [-0.1, -0.05) is 78.9 Å². The molecule has 0 spiro atoms. The molecule has 0 saturated heterocycles. The van der Waals surface area contributed by atoms with Crippen molar-refractivity contribution in [3.63, 3.8) is 0 Å². The van der Waals surface area contributed by atoms with Crippen LogP contribution in [0, 0.1) is 5.82 Å². The average molecular weight is 587 g/mol. The third kappa shape index (κ3) is 5.78. The van der Waals surface area contributed by atoms with Crippen molar-refractivity contribution < 1.29 is 23.5 Å². The summed E-state index contributed by atoms with van der Waals surface area (Å²) in [4.78, 5) is 38.3. The van der Waals surface area contributed by atoms with Crippen molar-refractivity contribution in [1.29, 1.82) is 0 Å². The molecule has 0 unspecified atom stereocenters. The summed E-state index contributed by atoms with van der Waals surface area (Å²) < 4.78 is 20.5. The largest absolute Gasteiger partial charge is 0.478 e. The van der Waals surface area contributed by atoms with Crippen molar-refractivity contribution in [2.24, 2.45) is 0 Å². The zero-order chi connectivity index (χ0) is 30.8. The molecule has 1 heterocycles. The third-order valence-corrected chi connectivity index (χ3v) is 7.59. The zero-order valence-corrected chi connectivity index (χ0v) is 23.7. The van der Waals surface area contributed by atoms with Gasteiger partial charge < -0.3 is 14.8 Å². The summed E-state index contributed by atoms with van der Waals surface area (Å²) in [6, 6.07) is 32.6. The van der Waals surface area contributed by atoms with E-state index in [0.717, 1.165) is 27.8 Å². The standard InChI is InChI=1S/C36H27FN2O5/c1-22(24-11-13-28(14-12-24)35(41)42)38-34(40)31-19-29(25-5-3-2-4-6-25)20-32-33(31)39(36(43)44-32)21-23-7-9-26(10-8-23)27-15-17-30(37)18-16-27/h2-20,22H,21H2,1H3,(H,38,40)(H,41,42)/t22-/m0/s1. The van der Waals surface area contributed by atoms with E-state index in [1.807, 2.05) is 54.6 Å². The Morgan fingerprint density at radius 3 is 2.07 bits per heavy atom. The SMILES string of the molecule is C[C@H](NC(=O)c1cc(-c2ccccc2)cc2oc(=O)n(Cc3ccc(-c4ccc(F)cc4)cc3)c12)c1ccc(C(=O)O)cc1. The van der Waals surface area contributed by atoms with E-state index in [2.05, 4.69) is 5.32 Å². The van der Waals surface area contributed by atoms with E-state index in [0.29, 0.717) is 11.1 Å². The maximum Gasteiger partial charge on any atom is 0.420 e. The normalized spacial score (nSPS) is 11.8. The molecule has 0 aliphatic heterocycles. The number of aromatic nitrogens is 1.